The summed E-state index contributed by atoms with van der Waals surface area (Å²) in [6, 6.07) is 36.9. The first-order chi connectivity index (χ1) is 16.5. The van der Waals surface area contributed by atoms with Crippen molar-refractivity contribution in [3.8, 4) is 11.1 Å². The first-order valence-electron chi connectivity index (χ1n) is 11.8. The van der Waals surface area contributed by atoms with E-state index in [1.165, 1.54) is 5.56 Å². The Kier molecular flexibility index (Phi) is 7.56. The molecular weight excluding hydrogens is 418 g/mol. The maximum Gasteiger partial charge on any atom is 0.305 e. The minimum Gasteiger partial charge on any atom is -0.481 e. The largest absolute Gasteiger partial charge is 0.481 e. The van der Waals surface area contributed by atoms with E-state index in [0.717, 1.165) is 27.8 Å². The molecule has 0 aliphatic heterocycles. The highest BCUT2D eigenvalue weighted by Crippen LogP contribution is 2.38. The monoisotopic (exact) mass is 449 g/mol. The normalized spacial score (nSPS) is 12.9. The van der Waals surface area contributed by atoms with Crippen molar-refractivity contribution in [3.05, 3.63) is 131 Å². The lowest BCUT2D eigenvalue weighted by atomic mass is 9.89. The molecule has 0 aromatic heterocycles. The molecule has 1 N–H and O–H groups in total. The minimum absolute atomic E-state index is 0.0308. The van der Waals surface area contributed by atoms with Crippen molar-refractivity contribution in [2.75, 3.05) is 0 Å². The second kappa shape index (κ2) is 11.0. The van der Waals surface area contributed by atoms with E-state index in [4.69, 9.17) is 0 Å². The molecule has 172 valence electrons. The number of carboxylic acids is 1. The van der Waals surface area contributed by atoms with Crippen molar-refractivity contribution < 1.29 is 9.90 Å². The van der Waals surface area contributed by atoms with Crippen molar-refractivity contribution in [3.63, 3.8) is 0 Å². The molecule has 0 aliphatic carbocycles. The summed E-state index contributed by atoms with van der Waals surface area (Å²) in [5, 5.41) is 9.96. The van der Waals surface area contributed by atoms with Crippen LogP contribution in [-0.4, -0.2) is 16.0 Å². The standard InChI is InChI=1S/C31H31NO2/c1-23-28(27-17-10-5-11-18-27)19-12-20-29(23)30(21-31(33)34)32(22-25-13-6-3-7-14-25)24(2)26-15-8-4-9-16-26/h3-20,24,30H,21-22H2,1-2H3,(H,33,34)/t24-,30+/m1/s1. The van der Waals surface area contributed by atoms with Crippen molar-refractivity contribution in [1.82, 2.24) is 4.90 Å². The smallest absolute Gasteiger partial charge is 0.305 e. The highest BCUT2D eigenvalue weighted by Gasteiger charge is 2.30. The van der Waals surface area contributed by atoms with Gasteiger partial charge >= 0.3 is 5.97 Å². The highest BCUT2D eigenvalue weighted by molar-refractivity contribution is 5.71. The van der Waals surface area contributed by atoms with Gasteiger partial charge in [-0.25, -0.2) is 0 Å². The van der Waals surface area contributed by atoms with E-state index in [1.54, 1.807) is 0 Å². The molecule has 0 saturated heterocycles. The third kappa shape index (κ3) is 5.44. The Balaban J connectivity index is 1.82. The Bertz CT molecular complexity index is 1210. The molecule has 3 heteroatoms. The second-order valence-electron chi connectivity index (χ2n) is 8.74. The van der Waals surface area contributed by atoms with Gasteiger partial charge in [-0.2, -0.15) is 0 Å². The zero-order valence-electron chi connectivity index (χ0n) is 19.8. The topological polar surface area (TPSA) is 40.5 Å². The predicted molar refractivity (Wildman–Crippen MR) is 138 cm³/mol. The summed E-state index contributed by atoms with van der Waals surface area (Å²) < 4.78 is 0. The fraction of sp³-hybridized carbons (Fsp3) is 0.194. The molecule has 0 amide bonds. The third-order valence-electron chi connectivity index (χ3n) is 6.58. The Morgan fingerprint density at radius 2 is 1.38 bits per heavy atom. The fourth-order valence-corrected chi connectivity index (χ4v) is 4.75. The van der Waals surface area contributed by atoms with E-state index in [-0.39, 0.29) is 18.5 Å². The average molecular weight is 450 g/mol. The lowest BCUT2D eigenvalue weighted by molar-refractivity contribution is -0.138. The van der Waals surface area contributed by atoms with E-state index >= 15 is 0 Å². The number of hydrogen-bond donors (Lipinski definition) is 1. The fourth-order valence-electron chi connectivity index (χ4n) is 4.75. The Hall–Kier alpha value is -3.69. The summed E-state index contributed by atoms with van der Waals surface area (Å²) in [5.41, 5.74) is 6.80. The van der Waals surface area contributed by atoms with Crippen LogP contribution in [0.15, 0.2) is 109 Å². The molecule has 0 unspecified atom stereocenters. The predicted octanol–water partition coefficient (Wildman–Crippen LogP) is 7.44. The second-order valence-corrected chi connectivity index (χ2v) is 8.74. The lowest BCUT2D eigenvalue weighted by Gasteiger charge is -2.37. The van der Waals surface area contributed by atoms with Crippen molar-refractivity contribution in [2.24, 2.45) is 0 Å². The Morgan fingerprint density at radius 3 is 2.00 bits per heavy atom. The van der Waals surface area contributed by atoms with E-state index in [0.29, 0.717) is 6.54 Å². The van der Waals surface area contributed by atoms with Crippen molar-refractivity contribution in [2.45, 2.75) is 38.9 Å². The van der Waals surface area contributed by atoms with Crippen molar-refractivity contribution in [1.29, 1.82) is 0 Å². The number of benzene rings is 4. The summed E-state index contributed by atoms with van der Waals surface area (Å²) >= 11 is 0. The number of aliphatic carboxylic acids is 1. The average Bonchev–Trinajstić information content (AvgIpc) is 2.87. The van der Waals surface area contributed by atoms with Gasteiger partial charge in [0.1, 0.15) is 0 Å². The van der Waals surface area contributed by atoms with E-state index in [9.17, 15) is 9.90 Å². The lowest BCUT2D eigenvalue weighted by Crippen LogP contribution is -2.33. The van der Waals surface area contributed by atoms with Gasteiger partial charge in [-0.05, 0) is 47.2 Å². The zero-order valence-corrected chi connectivity index (χ0v) is 19.8. The molecule has 4 rings (SSSR count). The maximum absolute atomic E-state index is 12.1. The van der Waals surface area contributed by atoms with Crippen LogP contribution in [0, 0.1) is 6.92 Å². The van der Waals surface area contributed by atoms with Gasteiger partial charge in [-0.1, -0.05) is 109 Å². The Labute approximate surface area is 202 Å². The Morgan fingerprint density at radius 1 is 0.794 bits per heavy atom. The molecule has 3 nitrogen and oxygen atoms in total. The number of rotatable bonds is 9. The summed E-state index contributed by atoms with van der Waals surface area (Å²) in [6.45, 7) is 4.94. The molecule has 0 heterocycles. The number of hydrogen-bond acceptors (Lipinski definition) is 2. The third-order valence-corrected chi connectivity index (χ3v) is 6.58. The summed E-state index contributed by atoms with van der Waals surface area (Å²) in [5.74, 6) is -0.798. The van der Waals surface area contributed by atoms with Crippen LogP contribution in [0.1, 0.15) is 47.7 Å². The molecule has 0 saturated carbocycles. The number of carbonyl (C=O) groups is 1. The molecule has 34 heavy (non-hydrogen) atoms. The summed E-state index contributed by atoms with van der Waals surface area (Å²) in [7, 11) is 0. The van der Waals surface area contributed by atoms with E-state index in [1.807, 2.05) is 60.7 Å². The molecule has 4 aromatic carbocycles. The van der Waals surface area contributed by atoms with Gasteiger partial charge in [-0.15, -0.1) is 0 Å². The van der Waals surface area contributed by atoms with Crippen molar-refractivity contribution >= 4 is 5.97 Å². The van der Waals surface area contributed by atoms with Gasteiger partial charge in [-0.3, -0.25) is 9.69 Å². The summed E-state index contributed by atoms with van der Waals surface area (Å²) in [6.07, 6.45) is 0.0308. The molecule has 0 aliphatic rings. The SMILES string of the molecule is Cc1c(-c2ccccc2)cccc1[C@H](CC(=O)O)N(Cc1ccccc1)[C@H](C)c1ccccc1. The van der Waals surface area contributed by atoms with Crippen LogP contribution >= 0.6 is 0 Å². The van der Waals surface area contributed by atoms with E-state index < -0.39 is 5.97 Å². The van der Waals surface area contributed by atoms with Crippen LogP contribution in [0.25, 0.3) is 11.1 Å². The van der Waals surface area contributed by atoms with Crippen LogP contribution in [-0.2, 0) is 11.3 Å². The van der Waals surface area contributed by atoms with Crippen LogP contribution < -0.4 is 0 Å². The molecule has 0 radical (unpaired) electrons. The maximum atomic E-state index is 12.1. The van der Waals surface area contributed by atoms with Gasteiger partial charge in [0.25, 0.3) is 0 Å². The minimum atomic E-state index is -0.798. The molecule has 0 fully saturated rings. The van der Waals surface area contributed by atoms with Crippen LogP contribution in [0.3, 0.4) is 0 Å². The first-order valence-corrected chi connectivity index (χ1v) is 11.8. The number of carboxylic acid groups (broad SMARTS) is 1. The van der Waals surface area contributed by atoms with Crippen LogP contribution in [0.5, 0.6) is 0 Å². The van der Waals surface area contributed by atoms with Gasteiger partial charge in [0.2, 0.25) is 0 Å². The first kappa shape index (κ1) is 23.5. The number of nitrogens with zero attached hydrogens (tertiary/aromatic N) is 1. The molecule has 2 atom stereocenters. The quantitative estimate of drug-likeness (QED) is 0.289. The zero-order chi connectivity index (χ0) is 23.9. The van der Waals surface area contributed by atoms with Gasteiger partial charge in [0.05, 0.1) is 6.42 Å². The molecule has 4 aromatic rings. The summed E-state index contributed by atoms with van der Waals surface area (Å²) in [4.78, 5) is 14.5. The molecular formula is C31H31NO2. The van der Waals surface area contributed by atoms with E-state index in [2.05, 4.69) is 67.3 Å². The van der Waals surface area contributed by atoms with Crippen LogP contribution in [0.4, 0.5) is 0 Å². The van der Waals surface area contributed by atoms with Gasteiger partial charge < -0.3 is 5.11 Å². The van der Waals surface area contributed by atoms with Gasteiger partial charge in [0.15, 0.2) is 0 Å². The molecule has 0 bridgehead atoms. The highest BCUT2D eigenvalue weighted by atomic mass is 16.4. The van der Waals surface area contributed by atoms with Gasteiger partial charge in [0, 0.05) is 18.6 Å². The molecule has 0 spiro atoms. The van der Waals surface area contributed by atoms with Crippen LogP contribution in [0.2, 0.25) is 0 Å².